The zero-order valence-corrected chi connectivity index (χ0v) is 20.1. The Morgan fingerprint density at radius 1 is 0.941 bits per heavy atom. The van der Waals surface area contributed by atoms with Gasteiger partial charge in [-0.1, -0.05) is 44.2 Å². The van der Waals surface area contributed by atoms with Gasteiger partial charge in [0.25, 0.3) is 5.91 Å². The summed E-state index contributed by atoms with van der Waals surface area (Å²) in [7, 11) is 0. The number of nitrogens with zero attached hydrogens (tertiary/aromatic N) is 2. The number of rotatable bonds is 6. The molecule has 0 aliphatic rings. The molecule has 4 aromatic rings. The molecule has 34 heavy (non-hydrogen) atoms. The molecule has 0 bridgehead atoms. The summed E-state index contributed by atoms with van der Waals surface area (Å²) in [5.41, 5.74) is 6.62. The normalized spacial score (nSPS) is 10.8. The SMILES string of the molecule is CCc1cccc(CC)c1NC(=O)c1c(-c2cccnc2)n(-c2cccc(C)c2)c(C)cc1=O. The second-order valence-electron chi connectivity index (χ2n) is 8.40. The number of carbonyl (C=O) groups excluding carboxylic acids is 1. The average molecular weight is 452 g/mol. The van der Waals surface area contributed by atoms with E-state index in [2.05, 4.69) is 24.1 Å². The number of para-hydroxylation sites is 1. The number of pyridine rings is 2. The predicted molar refractivity (Wildman–Crippen MR) is 138 cm³/mol. The van der Waals surface area contributed by atoms with Crippen molar-refractivity contribution < 1.29 is 4.79 Å². The van der Waals surface area contributed by atoms with Gasteiger partial charge in [0.2, 0.25) is 0 Å². The molecule has 0 radical (unpaired) electrons. The molecule has 5 nitrogen and oxygen atoms in total. The van der Waals surface area contributed by atoms with E-state index >= 15 is 0 Å². The first kappa shape index (κ1) is 23.2. The molecule has 1 N–H and O–H groups in total. The molecule has 4 rings (SSSR count). The van der Waals surface area contributed by atoms with Gasteiger partial charge in [-0.2, -0.15) is 0 Å². The Labute approximate surface area is 200 Å². The lowest BCUT2D eigenvalue weighted by atomic mass is 10.0. The fourth-order valence-electron chi connectivity index (χ4n) is 4.41. The van der Waals surface area contributed by atoms with E-state index in [1.165, 1.54) is 6.07 Å². The van der Waals surface area contributed by atoms with E-state index < -0.39 is 5.91 Å². The first-order chi connectivity index (χ1) is 16.4. The van der Waals surface area contributed by atoms with Crippen molar-refractivity contribution in [2.75, 3.05) is 5.32 Å². The topological polar surface area (TPSA) is 64.0 Å². The largest absolute Gasteiger partial charge is 0.321 e. The molecule has 2 aromatic carbocycles. The molecule has 0 spiro atoms. The van der Waals surface area contributed by atoms with E-state index in [0.717, 1.165) is 46.6 Å². The Hall–Kier alpha value is -3.99. The maximum Gasteiger partial charge on any atom is 0.261 e. The van der Waals surface area contributed by atoms with Gasteiger partial charge in [0.1, 0.15) is 5.56 Å². The molecule has 5 heteroatoms. The Morgan fingerprint density at radius 3 is 2.26 bits per heavy atom. The number of hydrogen-bond donors (Lipinski definition) is 1. The Morgan fingerprint density at radius 2 is 1.65 bits per heavy atom. The van der Waals surface area contributed by atoms with E-state index in [0.29, 0.717) is 11.3 Å². The molecule has 0 fully saturated rings. The quantitative estimate of drug-likeness (QED) is 0.397. The molecule has 0 saturated carbocycles. The zero-order valence-electron chi connectivity index (χ0n) is 20.1. The summed E-state index contributed by atoms with van der Waals surface area (Å²) in [6.45, 7) is 8.02. The minimum absolute atomic E-state index is 0.105. The first-order valence-electron chi connectivity index (χ1n) is 11.6. The van der Waals surface area contributed by atoms with Gasteiger partial charge in [-0.15, -0.1) is 0 Å². The molecular formula is C29H29N3O2. The van der Waals surface area contributed by atoms with Crippen LogP contribution < -0.4 is 10.7 Å². The van der Waals surface area contributed by atoms with Crippen LogP contribution in [-0.4, -0.2) is 15.5 Å². The van der Waals surface area contributed by atoms with Crippen LogP contribution in [0.2, 0.25) is 0 Å². The van der Waals surface area contributed by atoms with Gasteiger partial charge in [-0.05, 0) is 67.6 Å². The summed E-state index contributed by atoms with van der Waals surface area (Å²) in [5.74, 6) is -0.416. The van der Waals surface area contributed by atoms with E-state index in [-0.39, 0.29) is 11.0 Å². The highest BCUT2D eigenvalue weighted by atomic mass is 16.2. The van der Waals surface area contributed by atoms with Gasteiger partial charge in [0.15, 0.2) is 5.43 Å². The molecule has 0 atom stereocenters. The van der Waals surface area contributed by atoms with E-state index in [9.17, 15) is 9.59 Å². The third-order valence-electron chi connectivity index (χ3n) is 6.06. The molecule has 2 aromatic heterocycles. The van der Waals surface area contributed by atoms with Gasteiger partial charge < -0.3 is 9.88 Å². The van der Waals surface area contributed by atoms with Crippen LogP contribution in [0.25, 0.3) is 16.9 Å². The monoisotopic (exact) mass is 451 g/mol. The number of aromatic nitrogens is 2. The van der Waals surface area contributed by atoms with Crippen LogP contribution >= 0.6 is 0 Å². The van der Waals surface area contributed by atoms with Gasteiger partial charge in [-0.3, -0.25) is 14.6 Å². The number of hydrogen-bond acceptors (Lipinski definition) is 3. The van der Waals surface area contributed by atoms with Gasteiger partial charge in [0.05, 0.1) is 5.69 Å². The fourth-order valence-corrected chi connectivity index (χ4v) is 4.41. The predicted octanol–water partition coefficient (Wildman–Crippen LogP) is 5.89. The van der Waals surface area contributed by atoms with Crippen LogP contribution in [0.5, 0.6) is 0 Å². The molecule has 0 aliphatic heterocycles. The molecule has 1 amide bonds. The summed E-state index contributed by atoms with van der Waals surface area (Å²) in [6, 6.07) is 19.3. The van der Waals surface area contributed by atoms with Crippen LogP contribution in [0.4, 0.5) is 5.69 Å². The first-order valence-corrected chi connectivity index (χ1v) is 11.6. The fraction of sp³-hybridized carbons (Fsp3) is 0.207. The van der Waals surface area contributed by atoms with Crippen LogP contribution in [0.1, 0.15) is 46.6 Å². The third-order valence-corrected chi connectivity index (χ3v) is 6.06. The van der Waals surface area contributed by atoms with Crippen molar-refractivity contribution in [2.24, 2.45) is 0 Å². The van der Waals surface area contributed by atoms with Crippen molar-refractivity contribution in [3.63, 3.8) is 0 Å². The van der Waals surface area contributed by atoms with Crippen molar-refractivity contribution in [3.05, 3.63) is 111 Å². The van der Waals surface area contributed by atoms with E-state index in [4.69, 9.17) is 0 Å². The van der Waals surface area contributed by atoms with Crippen molar-refractivity contribution in [1.29, 1.82) is 0 Å². The van der Waals surface area contributed by atoms with Crippen molar-refractivity contribution in [1.82, 2.24) is 9.55 Å². The zero-order chi connectivity index (χ0) is 24.2. The highest BCUT2D eigenvalue weighted by Gasteiger charge is 2.24. The standard InChI is InChI=1S/C29H29N3O2/c1-5-21-11-8-12-22(6-2)27(21)31-29(34)26-25(33)17-20(4)32(24-14-7-10-19(3)16-24)28(26)23-13-9-15-30-18-23/h7-18H,5-6H2,1-4H3,(H,31,34). The maximum atomic E-state index is 13.8. The number of anilines is 1. The smallest absolute Gasteiger partial charge is 0.261 e. The Kier molecular flexibility index (Phi) is 6.73. The molecular weight excluding hydrogens is 422 g/mol. The molecule has 0 aliphatic carbocycles. The number of amides is 1. The second kappa shape index (κ2) is 9.87. The number of carbonyl (C=O) groups is 1. The van der Waals surface area contributed by atoms with Crippen LogP contribution in [0.3, 0.4) is 0 Å². The number of nitrogens with one attached hydrogen (secondary N) is 1. The molecule has 0 saturated heterocycles. The van der Waals surface area contributed by atoms with Crippen LogP contribution in [-0.2, 0) is 12.8 Å². The lowest BCUT2D eigenvalue weighted by Gasteiger charge is -2.21. The van der Waals surface area contributed by atoms with Crippen LogP contribution in [0.15, 0.2) is 77.9 Å². The van der Waals surface area contributed by atoms with Crippen molar-refractivity contribution in [2.45, 2.75) is 40.5 Å². The summed E-state index contributed by atoms with van der Waals surface area (Å²) >= 11 is 0. The number of benzene rings is 2. The average Bonchev–Trinajstić information content (AvgIpc) is 2.84. The highest BCUT2D eigenvalue weighted by Crippen LogP contribution is 2.29. The van der Waals surface area contributed by atoms with Crippen molar-refractivity contribution >= 4 is 11.6 Å². The van der Waals surface area contributed by atoms with Gasteiger partial charge in [0, 0.05) is 41.1 Å². The minimum Gasteiger partial charge on any atom is -0.321 e. The molecule has 172 valence electrons. The molecule has 0 unspecified atom stereocenters. The second-order valence-corrected chi connectivity index (χ2v) is 8.40. The van der Waals surface area contributed by atoms with Crippen LogP contribution in [0, 0.1) is 13.8 Å². The lowest BCUT2D eigenvalue weighted by Crippen LogP contribution is -2.27. The Bertz CT molecular complexity index is 1380. The van der Waals surface area contributed by atoms with E-state index in [1.807, 2.05) is 73.0 Å². The minimum atomic E-state index is -0.416. The summed E-state index contributed by atoms with van der Waals surface area (Å²) in [6.07, 6.45) is 4.93. The Balaban J connectivity index is 1.98. The summed E-state index contributed by atoms with van der Waals surface area (Å²) in [5, 5.41) is 3.09. The highest BCUT2D eigenvalue weighted by molar-refractivity contribution is 6.09. The lowest BCUT2D eigenvalue weighted by molar-refractivity contribution is 0.102. The third kappa shape index (κ3) is 4.42. The maximum absolute atomic E-state index is 13.8. The summed E-state index contributed by atoms with van der Waals surface area (Å²) in [4.78, 5) is 31.4. The van der Waals surface area contributed by atoms with Crippen molar-refractivity contribution in [3.8, 4) is 16.9 Å². The molecule has 2 heterocycles. The summed E-state index contributed by atoms with van der Waals surface area (Å²) < 4.78 is 1.97. The number of aryl methyl sites for hydroxylation is 4. The van der Waals surface area contributed by atoms with Gasteiger partial charge in [-0.25, -0.2) is 0 Å². The van der Waals surface area contributed by atoms with E-state index in [1.54, 1.807) is 12.4 Å². The van der Waals surface area contributed by atoms with Gasteiger partial charge >= 0.3 is 0 Å².